The molecule has 0 N–H and O–H groups in total. The lowest BCUT2D eigenvalue weighted by molar-refractivity contribution is -0.386. The number of hydrogen-bond donors (Lipinski definition) is 0. The summed E-state index contributed by atoms with van der Waals surface area (Å²) in [6.45, 7) is 0. The Labute approximate surface area is 106 Å². The fraction of sp³-hybridized carbons (Fsp3) is 0.200. The van der Waals surface area contributed by atoms with Gasteiger partial charge < -0.3 is 9.47 Å². The Kier molecular flexibility index (Phi) is 4.61. The molecule has 0 fully saturated rings. The summed E-state index contributed by atoms with van der Waals surface area (Å²) >= 11 is 5.02. The van der Waals surface area contributed by atoms with Crippen molar-refractivity contribution < 1.29 is 24.0 Å². The van der Waals surface area contributed by atoms with E-state index in [-0.39, 0.29) is 11.3 Å². The second-order valence-corrected chi connectivity index (χ2v) is 3.38. The Morgan fingerprint density at radius 1 is 1.39 bits per heavy atom. The fourth-order valence-electron chi connectivity index (χ4n) is 1.31. The van der Waals surface area contributed by atoms with Crippen LogP contribution in [0.15, 0.2) is 24.3 Å². The van der Waals surface area contributed by atoms with E-state index in [0.717, 1.165) is 7.11 Å². The van der Waals surface area contributed by atoms with Crippen LogP contribution < -0.4 is 0 Å². The number of esters is 1. The minimum atomic E-state index is -1.57. The van der Waals surface area contributed by atoms with Gasteiger partial charge >= 0.3 is 11.4 Å². The summed E-state index contributed by atoms with van der Waals surface area (Å²) in [5.41, 5.74) is -1.74. The molecule has 1 rings (SSSR count). The first-order valence-electron chi connectivity index (χ1n) is 4.64. The molecule has 0 aromatic heterocycles. The maximum atomic E-state index is 11.4. The van der Waals surface area contributed by atoms with Crippen molar-refractivity contribution in [1.82, 2.24) is 0 Å². The lowest BCUT2D eigenvalue weighted by atomic mass is 10.1. The number of nitro groups is 1. The molecule has 1 aromatic carbocycles. The quantitative estimate of drug-likeness (QED) is 0.361. The first-order chi connectivity index (χ1) is 8.47. The molecule has 0 saturated carbocycles. The highest BCUT2D eigenvalue weighted by atomic mass is 35.5. The molecule has 0 aliphatic rings. The first-order valence-corrected chi connectivity index (χ1v) is 5.02. The van der Waals surface area contributed by atoms with Crippen molar-refractivity contribution in [2.24, 2.45) is 0 Å². The molecular formula is C10H8ClNO6. The summed E-state index contributed by atoms with van der Waals surface area (Å²) in [5, 5.41) is 10.8. The number of carbonyl (C=O) groups is 2. The number of ether oxygens (including phenoxy) is 2. The average Bonchev–Trinajstić information content (AvgIpc) is 2.34. The highest BCUT2D eigenvalue weighted by Crippen LogP contribution is 2.28. The van der Waals surface area contributed by atoms with Crippen LogP contribution in [0.2, 0.25) is 0 Å². The number of halogens is 1. The molecule has 0 saturated heterocycles. The van der Waals surface area contributed by atoms with Gasteiger partial charge in [-0.05, 0) is 6.07 Å². The number of nitrogens with zero attached hydrogens (tertiary/aromatic N) is 1. The molecule has 0 aliphatic heterocycles. The van der Waals surface area contributed by atoms with E-state index in [2.05, 4.69) is 9.47 Å². The van der Waals surface area contributed by atoms with Gasteiger partial charge in [0, 0.05) is 17.7 Å². The van der Waals surface area contributed by atoms with Gasteiger partial charge in [0.15, 0.2) is 0 Å². The van der Waals surface area contributed by atoms with Gasteiger partial charge in [-0.15, -0.1) is 0 Å². The zero-order valence-corrected chi connectivity index (χ0v) is 9.92. The molecule has 1 atom stereocenters. The summed E-state index contributed by atoms with van der Waals surface area (Å²) < 4.78 is 8.93. The number of para-hydroxylation sites is 1. The Hall–Kier alpha value is -2.15. The highest BCUT2D eigenvalue weighted by molar-refractivity contribution is 6.61. The topological polar surface area (TPSA) is 95.7 Å². The van der Waals surface area contributed by atoms with Gasteiger partial charge in [0.1, 0.15) is 0 Å². The normalized spacial score (nSPS) is 11.4. The van der Waals surface area contributed by atoms with Crippen molar-refractivity contribution in [3.63, 3.8) is 0 Å². The average molecular weight is 274 g/mol. The molecule has 18 heavy (non-hydrogen) atoms. The van der Waals surface area contributed by atoms with E-state index in [1.807, 2.05) is 0 Å². The number of carbonyl (C=O) groups excluding carboxylic acids is 2. The molecule has 7 nitrogen and oxygen atoms in total. The van der Waals surface area contributed by atoms with Crippen molar-refractivity contribution in [3.8, 4) is 0 Å². The third-order valence-electron chi connectivity index (χ3n) is 2.04. The van der Waals surface area contributed by atoms with Gasteiger partial charge in [-0.2, -0.15) is 0 Å². The van der Waals surface area contributed by atoms with Gasteiger partial charge in [0.2, 0.25) is 6.10 Å². The van der Waals surface area contributed by atoms with E-state index >= 15 is 0 Å². The van der Waals surface area contributed by atoms with E-state index in [1.165, 1.54) is 24.3 Å². The van der Waals surface area contributed by atoms with Crippen LogP contribution in [-0.4, -0.2) is 23.4 Å². The standard InChI is InChI=1S/C10H8ClNO6/c1-17-9(13)8(18-10(11)14)6-4-2-3-5-7(6)12(15)16/h2-5,8H,1H3/t8-/m1/s1. The summed E-state index contributed by atoms with van der Waals surface area (Å²) in [7, 11) is 1.06. The van der Waals surface area contributed by atoms with E-state index in [0.29, 0.717) is 0 Å². The van der Waals surface area contributed by atoms with Crippen LogP contribution in [0.3, 0.4) is 0 Å². The number of benzene rings is 1. The zero-order chi connectivity index (χ0) is 13.7. The first kappa shape index (κ1) is 13.9. The Morgan fingerprint density at radius 2 is 2.00 bits per heavy atom. The van der Waals surface area contributed by atoms with Crippen molar-refractivity contribution in [3.05, 3.63) is 39.9 Å². The van der Waals surface area contributed by atoms with Crippen LogP contribution in [0, 0.1) is 10.1 Å². The van der Waals surface area contributed by atoms with Gasteiger partial charge in [-0.25, -0.2) is 9.59 Å². The summed E-state index contributed by atoms with van der Waals surface area (Å²) in [5.74, 6) is -0.960. The van der Waals surface area contributed by atoms with Crippen LogP contribution in [0.4, 0.5) is 10.5 Å². The maximum absolute atomic E-state index is 11.4. The Balaban J connectivity index is 3.24. The predicted octanol–water partition coefficient (Wildman–Crippen LogP) is 2.18. The SMILES string of the molecule is COC(=O)[C@H](OC(=O)Cl)c1ccccc1[N+](=O)[O-]. The Bertz CT molecular complexity index is 489. The molecule has 0 bridgehead atoms. The lowest BCUT2D eigenvalue weighted by Crippen LogP contribution is -2.19. The van der Waals surface area contributed by atoms with Crippen molar-refractivity contribution in [2.45, 2.75) is 6.10 Å². The van der Waals surface area contributed by atoms with Crippen LogP contribution in [-0.2, 0) is 14.3 Å². The highest BCUT2D eigenvalue weighted by Gasteiger charge is 2.31. The lowest BCUT2D eigenvalue weighted by Gasteiger charge is -2.13. The van der Waals surface area contributed by atoms with Gasteiger partial charge in [-0.1, -0.05) is 12.1 Å². The summed E-state index contributed by atoms with van der Waals surface area (Å²) in [6.07, 6.45) is -1.57. The number of rotatable bonds is 4. The second-order valence-electron chi connectivity index (χ2n) is 3.07. The van der Waals surface area contributed by atoms with Crippen molar-refractivity contribution in [2.75, 3.05) is 7.11 Å². The molecule has 8 heteroatoms. The molecule has 0 aliphatic carbocycles. The monoisotopic (exact) mass is 273 g/mol. The zero-order valence-electron chi connectivity index (χ0n) is 9.16. The molecule has 0 unspecified atom stereocenters. The maximum Gasteiger partial charge on any atom is 0.404 e. The van der Waals surface area contributed by atoms with Gasteiger partial charge in [-0.3, -0.25) is 10.1 Å². The summed E-state index contributed by atoms with van der Waals surface area (Å²) in [6, 6.07) is 5.33. The minimum absolute atomic E-state index is 0.108. The Morgan fingerprint density at radius 3 is 2.50 bits per heavy atom. The third kappa shape index (κ3) is 3.17. The largest absolute Gasteiger partial charge is 0.466 e. The van der Waals surface area contributed by atoms with E-state index < -0.39 is 22.4 Å². The minimum Gasteiger partial charge on any atom is -0.466 e. The number of hydrogen-bond acceptors (Lipinski definition) is 6. The van der Waals surface area contributed by atoms with Gasteiger partial charge in [0.25, 0.3) is 5.69 Å². The van der Waals surface area contributed by atoms with Gasteiger partial charge in [0.05, 0.1) is 17.6 Å². The molecule has 0 heterocycles. The molecule has 0 spiro atoms. The fourth-order valence-corrected chi connectivity index (χ4v) is 1.40. The molecule has 0 amide bonds. The number of methoxy groups -OCH3 is 1. The number of nitro benzene ring substituents is 1. The molecule has 96 valence electrons. The van der Waals surface area contributed by atoms with Crippen molar-refractivity contribution in [1.29, 1.82) is 0 Å². The van der Waals surface area contributed by atoms with Crippen LogP contribution in [0.5, 0.6) is 0 Å². The third-order valence-corrected chi connectivity index (χ3v) is 2.13. The van der Waals surface area contributed by atoms with Crippen LogP contribution >= 0.6 is 11.6 Å². The summed E-state index contributed by atoms with van der Waals surface area (Å²) in [4.78, 5) is 32.2. The van der Waals surface area contributed by atoms with E-state index in [4.69, 9.17) is 11.6 Å². The molecule has 0 radical (unpaired) electrons. The second kappa shape index (κ2) is 5.97. The smallest absolute Gasteiger partial charge is 0.404 e. The van der Waals surface area contributed by atoms with E-state index in [1.54, 1.807) is 0 Å². The van der Waals surface area contributed by atoms with E-state index in [9.17, 15) is 19.7 Å². The van der Waals surface area contributed by atoms with Crippen molar-refractivity contribution >= 4 is 28.7 Å². The molecular weight excluding hydrogens is 266 g/mol. The van der Waals surface area contributed by atoms with Crippen LogP contribution in [0.25, 0.3) is 0 Å². The molecule has 1 aromatic rings. The van der Waals surface area contributed by atoms with Crippen LogP contribution in [0.1, 0.15) is 11.7 Å². The predicted molar refractivity (Wildman–Crippen MR) is 60.2 cm³/mol.